The van der Waals surface area contributed by atoms with Crippen molar-refractivity contribution >= 4 is 29.5 Å². The summed E-state index contributed by atoms with van der Waals surface area (Å²) in [6.45, 7) is 1.70. The van der Waals surface area contributed by atoms with Crippen LogP contribution in [0.15, 0.2) is 53.3 Å². The zero-order valence-corrected chi connectivity index (χ0v) is 16.7. The first-order chi connectivity index (χ1) is 15.3. The maximum absolute atomic E-state index is 13.1. The first-order valence-electron chi connectivity index (χ1n) is 9.63. The molecule has 3 heterocycles. The molecule has 0 saturated carbocycles. The number of carboxylic acids is 1. The van der Waals surface area contributed by atoms with E-state index in [0.29, 0.717) is 17.7 Å². The van der Waals surface area contributed by atoms with Crippen LogP contribution in [0.25, 0.3) is 5.78 Å². The third-order valence-electron chi connectivity index (χ3n) is 5.35. The SMILES string of the molecule is Cc1nc2nc(N3C(=O)c4ccc(C(=O)O)cc4C3=O)[nH]n2c(=O)c1Cc1ccccc1. The second-order valence-electron chi connectivity index (χ2n) is 7.34. The van der Waals surface area contributed by atoms with E-state index in [-0.39, 0.29) is 34.0 Å². The summed E-state index contributed by atoms with van der Waals surface area (Å²) in [6, 6.07) is 13.1. The van der Waals surface area contributed by atoms with Gasteiger partial charge in [-0.25, -0.2) is 14.7 Å². The van der Waals surface area contributed by atoms with Crippen molar-refractivity contribution in [3.05, 3.63) is 92.4 Å². The third-order valence-corrected chi connectivity index (χ3v) is 5.35. The molecule has 0 saturated heterocycles. The highest BCUT2D eigenvalue weighted by atomic mass is 16.4. The van der Waals surface area contributed by atoms with Gasteiger partial charge in [-0.3, -0.25) is 19.5 Å². The minimum Gasteiger partial charge on any atom is -0.478 e. The van der Waals surface area contributed by atoms with Gasteiger partial charge in [-0.2, -0.15) is 9.50 Å². The molecule has 32 heavy (non-hydrogen) atoms. The van der Waals surface area contributed by atoms with Crippen molar-refractivity contribution in [3.63, 3.8) is 0 Å². The van der Waals surface area contributed by atoms with Gasteiger partial charge in [0.05, 0.1) is 22.4 Å². The van der Waals surface area contributed by atoms with E-state index in [9.17, 15) is 19.2 Å². The summed E-state index contributed by atoms with van der Waals surface area (Å²) in [5.41, 5.74) is 1.39. The maximum atomic E-state index is 13.1. The van der Waals surface area contributed by atoms with Gasteiger partial charge in [0, 0.05) is 12.0 Å². The molecule has 0 spiro atoms. The number of nitrogens with zero attached hydrogens (tertiary/aromatic N) is 4. The quantitative estimate of drug-likeness (QED) is 0.472. The number of aryl methyl sites for hydroxylation is 1. The predicted molar refractivity (Wildman–Crippen MR) is 112 cm³/mol. The number of H-pyrrole nitrogens is 1. The number of aromatic amines is 1. The van der Waals surface area contributed by atoms with Crippen molar-refractivity contribution in [2.24, 2.45) is 0 Å². The summed E-state index contributed by atoms with van der Waals surface area (Å²) in [4.78, 5) is 59.3. The fourth-order valence-electron chi connectivity index (χ4n) is 3.71. The number of nitrogens with one attached hydrogen (secondary N) is 1. The van der Waals surface area contributed by atoms with Crippen LogP contribution in [0.3, 0.4) is 0 Å². The fraction of sp³-hybridized carbons (Fsp3) is 0.0909. The van der Waals surface area contributed by atoms with Gasteiger partial charge in [0.2, 0.25) is 5.95 Å². The lowest BCUT2D eigenvalue weighted by Crippen LogP contribution is -2.30. The van der Waals surface area contributed by atoms with Gasteiger partial charge in [0.15, 0.2) is 0 Å². The predicted octanol–water partition coefficient (Wildman–Crippen LogP) is 1.82. The molecule has 10 nitrogen and oxygen atoms in total. The summed E-state index contributed by atoms with van der Waals surface area (Å²) >= 11 is 0. The van der Waals surface area contributed by atoms with Gasteiger partial charge in [0.25, 0.3) is 23.2 Å². The zero-order chi connectivity index (χ0) is 22.6. The minimum atomic E-state index is -1.22. The Morgan fingerprint density at radius 3 is 2.44 bits per heavy atom. The molecule has 158 valence electrons. The lowest BCUT2D eigenvalue weighted by Gasteiger charge is -2.08. The largest absolute Gasteiger partial charge is 0.478 e. The van der Waals surface area contributed by atoms with Crippen LogP contribution in [-0.4, -0.2) is 42.5 Å². The van der Waals surface area contributed by atoms with Crippen molar-refractivity contribution < 1.29 is 19.5 Å². The summed E-state index contributed by atoms with van der Waals surface area (Å²) in [5, 5.41) is 11.9. The molecule has 5 rings (SSSR count). The number of carbonyl (C=O) groups is 3. The summed E-state index contributed by atoms with van der Waals surface area (Å²) in [7, 11) is 0. The second-order valence-corrected chi connectivity index (χ2v) is 7.34. The van der Waals surface area contributed by atoms with Crippen molar-refractivity contribution in [2.75, 3.05) is 4.90 Å². The van der Waals surface area contributed by atoms with Crippen LogP contribution in [0.2, 0.25) is 0 Å². The van der Waals surface area contributed by atoms with Crippen molar-refractivity contribution in [2.45, 2.75) is 13.3 Å². The van der Waals surface area contributed by atoms with Crippen molar-refractivity contribution in [3.8, 4) is 0 Å². The molecular weight excluding hydrogens is 414 g/mol. The molecule has 0 bridgehead atoms. The lowest BCUT2D eigenvalue weighted by atomic mass is 10.1. The first kappa shape index (κ1) is 19.4. The van der Waals surface area contributed by atoms with Gasteiger partial charge in [-0.15, -0.1) is 0 Å². The number of hydrogen-bond donors (Lipinski definition) is 2. The molecule has 1 aliphatic rings. The van der Waals surface area contributed by atoms with Gasteiger partial charge in [-0.05, 0) is 30.7 Å². The number of imide groups is 1. The molecular formula is C22H15N5O5. The molecule has 0 unspecified atom stereocenters. The average molecular weight is 429 g/mol. The Bertz CT molecular complexity index is 1500. The number of amides is 2. The van der Waals surface area contributed by atoms with Crippen molar-refractivity contribution in [1.29, 1.82) is 0 Å². The fourth-order valence-corrected chi connectivity index (χ4v) is 3.71. The number of aromatic nitrogens is 4. The summed E-state index contributed by atoms with van der Waals surface area (Å²) in [5.74, 6) is -2.78. The minimum absolute atomic E-state index is 0.0158. The number of fused-ring (bicyclic) bond motifs is 2. The Morgan fingerprint density at radius 1 is 1.00 bits per heavy atom. The second kappa shape index (κ2) is 6.98. The van der Waals surface area contributed by atoms with E-state index in [1.54, 1.807) is 6.92 Å². The number of aromatic carboxylic acids is 1. The van der Waals surface area contributed by atoms with Crippen LogP contribution in [0.4, 0.5) is 5.95 Å². The van der Waals surface area contributed by atoms with Crippen LogP contribution >= 0.6 is 0 Å². The van der Waals surface area contributed by atoms with E-state index in [0.717, 1.165) is 21.0 Å². The van der Waals surface area contributed by atoms with E-state index in [2.05, 4.69) is 15.1 Å². The standard InChI is InChI=1S/C22H15N5O5/c1-11-15(9-12-5-3-2-4-6-12)19(30)27-21(23-11)24-22(25-27)26-17(28)14-8-7-13(20(31)32)10-16(14)18(26)29/h2-8,10H,9H2,1H3,(H,31,32)(H,23,24,25). The van der Waals surface area contributed by atoms with Gasteiger partial charge >= 0.3 is 5.97 Å². The first-order valence-corrected chi connectivity index (χ1v) is 9.63. The molecule has 0 radical (unpaired) electrons. The molecule has 0 atom stereocenters. The lowest BCUT2D eigenvalue weighted by molar-refractivity contribution is 0.0696. The summed E-state index contributed by atoms with van der Waals surface area (Å²) in [6.07, 6.45) is 0.362. The molecule has 0 aliphatic carbocycles. The molecule has 2 aromatic heterocycles. The van der Waals surface area contributed by atoms with Crippen molar-refractivity contribution in [1.82, 2.24) is 19.6 Å². The average Bonchev–Trinajstić information content (AvgIpc) is 3.30. The number of rotatable bonds is 4. The van der Waals surface area contributed by atoms with E-state index in [1.165, 1.54) is 12.1 Å². The van der Waals surface area contributed by atoms with Crippen LogP contribution < -0.4 is 10.5 Å². The van der Waals surface area contributed by atoms with Crippen LogP contribution in [0, 0.1) is 6.92 Å². The molecule has 2 N–H and O–H groups in total. The van der Waals surface area contributed by atoms with Gasteiger partial charge in [0.1, 0.15) is 0 Å². The summed E-state index contributed by atoms with van der Waals surface area (Å²) < 4.78 is 1.09. The number of anilines is 1. The van der Waals surface area contributed by atoms with Crippen LogP contribution in [0.1, 0.15) is 47.9 Å². The molecule has 2 aromatic carbocycles. The van der Waals surface area contributed by atoms with Gasteiger partial charge < -0.3 is 5.11 Å². The molecule has 4 aromatic rings. The van der Waals surface area contributed by atoms with Crippen LogP contribution in [-0.2, 0) is 6.42 Å². The molecule has 0 fully saturated rings. The highest BCUT2D eigenvalue weighted by Crippen LogP contribution is 2.27. The highest BCUT2D eigenvalue weighted by molar-refractivity contribution is 6.34. The smallest absolute Gasteiger partial charge is 0.335 e. The Labute approximate surface area is 179 Å². The number of carboxylic acid groups (broad SMARTS) is 1. The Balaban J connectivity index is 1.58. The topological polar surface area (TPSA) is 138 Å². The third kappa shape index (κ3) is 2.88. The van der Waals surface area contributed by atoms with E-state index in [1.807, 2.05) is 30.3 Å². The molecule has 10 heteroatoms. The van der Waals surface area contributed by atoms with E-state index in [4.69, 9.17) is 5.11 Å². The number of hydrogen-bond acceptors (Lipinski definition) is 6. The van der Waals surface area contributed by atoms with Gasteiger partial charge in [-0.1, -0.05) is 30.3 Å². The highest BCUT2D eigenvalue weighted by Gasteiger charge is 2.39. The number of benzene rings is 2. The Kier molecular flexibility index (Phi) is 4.22. The van der Waals surface area contributed by atoms with E-state index >= 15 is 0 Å². The van der Waals surface area contributed by atoms with E-state index < -0.39 is 17.8 Å². The Morgan fingerprint density at radius 2 is 1.72 bits per heavy atom. The zero-order valence-electron chi connectivity index (χ0n) is 16.7. The molecule has 1 aliphatic heterocycles. The van der Waals surface area contributed by atoms with Crippen LogP contribution in [0.5, 0.6) is 0 Å². The monoisotopic (exact) mass is 429 g/mol. The maximum Gasteiger partial charge on any atom is 0.335 e. The normalized spacial score (nSPS) is 13.1. The molecule has 2 amide bonds. The number of carbonyl (C=O) groups excluding carboxylic acids is 2. The Hall–Kier alpha value is -4.60.